The Hall–Kier alpha value is -1.35. The molecule has 2 rings (SSSR count). The number of carbonyl (C=O) groups is 1. The maximum atomic E-state index is 10.9. The standard InChI is InChI=1S/C15H21NO2/c1-11-8-12(4-2-7-15(17)16-18)10-14(9-11)13-5-3-6-13/h8-10,13,18H,2-7H2,1H3,(H,16,17). The van der Waals surface area contributed by atoms with Crippen molar-refractivity contribution in [2.24, 2.45) is 0 Å². The molecule has 1 aliphatic rings. The van der Waals surface area contributed by atoms with Gasteiger partial charge in [-0.05, 0) is 49.7 Å². The van der Waals surface area contributed by atoms with E-state index in [1.54, 1.807) is 5.48 Å². The van der Waals surface area contributed by atoms with Crippen LogP contribution in [-0.2, 0) is 11.2 Å². The molecule has 1 fully saturated rings. The molecule has 3 nitrogen and oxygen atoms in total. The molecule has 0 spiro atoms. The highest BCUT2D eigenvalue weighted by molar-refractivity contribution is 5.74. The molecule has 0 unspecified atom stereocenters. The van der Waals surface area contributed by atoms with Crippen molar-refractivity contribution in [1.29, 1.82) is 0 Å². The van der Waals surface area contributed by atoms with Gasteiger partial charge in [0.15, 0.2) is 0 Å². The van der Waals surface area contributed by atoms with E-state index in [4.69, 9.17) is 5.21 Å². The number of hydroxylamine groups is 1. The molecule has 2 N–H and O–H groups in total. The third-order valence-electron chi connectivity index (χ3n) is 3.73. The maximum Gasteiger partial charge on any atom is 0.243 e. The van der Waals surface area contributed by atoms with Gasteiger partial charge in [-0.15, -0.1) is 0 Å². The summed E-state index contributed by atoms with van der Waals surface area (Å²) < 4.78 is 0. The van der Waals surface area contributed by atoms with Gasteiger partial charge in [0, 0.05) is 6.42 Å². The lowest BCUT2D eigenvalue weighted by Gasteiger charge is -2.26. The van der Waals surface area contributed by atoms with Crippen molar-refractivity contribution in [2.75, 3.05) is 0 Å². The number of nitrogens with one attached hydrogen (secondary N) is 1. The summed E-state index contributed by atoms with van der Waals surface area (Å²) >= 11 is 0. The minimum Gasteiger partial charge on any atom is -0.289 e. The van der Waals surface area contributed by atoms with Gasteiger partial charge in [-0.25, -0.2) is 5.48 Å². The number of rotatable bonds is 5. The molecule has 3 heteroatoms. The molecule has 0 heterocycles. The van der Waals surface area contributed by atoms with Crippen molar-refractivity contribution in [2.45, 2.75) is 51.4 Å². The molecule has 1 aliphatic carbocycles. The second-order valence-corrected chi connectivity index (χ2v) is 5.27. The summed E-state index contributed by atoms with van der Waals surface area (Å²) in [6.07, 6.45) is 6.04. The Balaban J connectivity index is 1.95. The van der Waals surface area contributed by atoms with Crippen LogP contribution in [0.2, 0.25) is 0 Å². The summed E-state index contributed by atoms with van der Waals surface area (Å²) in [7, 11) is 0. The van der Waals surface area contributed by atoms with Crippen LogP contribution in [0.3, 0.4) is 0 Å². The molecule has 0 saturated heterocycles. The first-order valence-corrected chi connectivity index (χ1v) is 6.72. The van der Waals surface area contributed by atoms with Crippen molar-refractivity contribution >= 4 is 5.91 Å². The van der Waals surface area contributed by atoms with Crippen molar-refractivity contribution in [3.63, 3.8) is 0 Å². The summed E-state index contributed by atoms with van der Waals surface area (Å²) in [5.41, 5.74) is 5.75. The van der Waals surface area contributed by atoms with Crippen LogP contribution < -0.4 is 5.48 Å². The molecule has 0 radical (unpaired) electrons. The van der Waals surface area contributed by atoms with Crippen LogP contribution in [-0.4, -0.2) is 11.1 Å². The third kappa shape index (κ3) is 3.33. The smallest absolute Gasteiger partial charge is 0.243 e. The highest BCUT2D eigenvalue weighted by Crippen LogP contribution is 2.37. The van der Waals surface area contributed by atoms with Crippen molar-refractivity contribution < 1.29 is 10.0 Å². The van der Waals surface area contributed by atoms with E-state index in [1.807, 2.05) is 0 Å². The number of benzene rings is 1. The number of hydrogen-bond acceptors (Lipinski definition) is 2. The van der Waals surface area contributed by atoms with Gasteiger partial charge in [-0.3, -0.25) is 10.0 Å². The minimum absolute atomic E-state index is 0.304. The molecular formula is C15H21NO2. The van der Waals surface area contributed by atoms with Gasteiger partial charge in [0.2, 0.25) is 5.91 Å². The van der Waals surface area contributed by atoms with E-state index in [1.165, 1.54) is 36.0 Å². The minimum atomic E-state index is -0.304. The van der Waals surface area contributed by atoms with Crippen molar-refractivity contribution in [3.8, 4) is 0 Å². The predicted molar refractivity (Wildman–Crippen MR) is 70.6 cm³/mol. The fourth-order valence-electron chi connectivity index (χ4n) is 2.52. The topological polar surface area (TPSA) is 49.3 Å². The van der Waals surface area contributed by atoms with Crippen LogP contribution in [0.1, 0.15) is 54.7 Å². The van der Waals surface area contributed by atoms with Gasteiger partial charge in [0.1, 0.15) is 0 Å². The van der Waals surface area contributed by atoms with Crippen LogP contribution in [0.25, 0.3) is 0 Å². The molecule has 1 amide bonds. The van der Waals surface area contributed by atoms with Crippen molar-refractivity contribution in [3.05, 3.63) is 34.9 Å². The lowest BCUT2D eigenvalue weighted by molar-refractivity contribution is -0.129. The lowest BCUT2D eigenvalue weighted by atomic mass is 9.79. The average molecular weight is 247 g/mol. The van der Waals surface area contributed by atoms with Gasteiger partial charge in [0.05, 0.1) is 0 Å². The van der Waals surface area contributed by atoms with Gasteiger partial charge in [-0.2, -0.15) is 0 Å². The second-order valence-electron chi connectivity index (χ2n) is 5.27. The summed E-state index contributed by atoms with van der Waals surface area (Å²) in [5.74, 6) is 0.450. The number of amides is 1. The van der Waals surface area contributed by atoms with Crippen LogP contribution in [0.4, 0.5) is 0 Å². The molecule has 0 bridgehead atoms. The molecular weight excluding hydrogens is 226 g/mol. The number of aryl methyl sites for hydroxylation is 2. The summed E-state index contributed by atoms with van der Waals surface area (Å²) in [6, 6.07) is 6.76. The van der Waals surface area contributed by atoms with E-state index in [0.717, 1.165) is 18.8 Å². The Bertz CT molecular complexity index is 425. The SMILES string of the molecule is Cc1cc(CCCC(=O)NO)cc(C2CCC2)c1. The van der Waals surface area contributed by atoms with Crippen LogP contribution in [0.15, 0.2) is 18.2 Å². The van der Waals surface area contributed by atoms with E-state index in [0.29, 0.717) is 6.42 Å². The van der Waals surface area contributed by atoms with Crippen molar-refractivity contribution in [1.82, 2.24) is 5.48 Å². The number of hydrogen-bond donors (Lipinski definition) is 2. The van der Waals surface area contributed by atoms with Gasteiger partial charge < -0.3 is 0 Å². The third-order valence-corrected chi connectivity index (χ3v) is 3.73. The molecule has 0 aliphatic heterocycles. The van der Waals surface area contributed by atoms with E-state index in [2.05, 4.69) is 25.1 Å². The number of carbonyl (C=O) groups excluding carboxylic acids is 1. The zero-order valence-corrected chi connectivity index (χ0v) is 10.9. The first-order valence-electron chi connectivity index (χ1n) is 6.72. The highest BCUT2D eigenvalue weighted by Gasteiger charge is 2.19. The molecule has 18 heavy (non-hydrogen) atoms. The Kier molecular flexibility index (Phi) is 4.37. The second kappa shape index (κ2) is 6.01. The highest BCUT2D eigenvalue weighted by atomic mass is 16.5. The fraction of sp³-hybridized carbons (Fsp3) is 0.533. The monoisotopic (exact) mass is 247 g/mol. The fourth-order valence-corrected chi connectivity index (χ4v) is 2.52. The summed E-state index contributed by atoms with van der Waals surface area (Å²) in [5, 5.41) is 8.43. The zero-order valence-electron chi connectivity index (χ0n) is 10.9. The van der Waals surface area contributed by atoms with E-state index in [9.17, 15) is 4.79 Å². The lowest BCUT2D eigenvalue weighted by Crippen LogP contribution is -2.18. The summed E-state index contributed by atoms with van der Waals surface area (Å²) in [4.78, 5) is 10.9. The Labute approximate surface area is 108 Å². The first kappa shape index (κ1) is 13.1. The Morgan fingerprint density at radius 2 is 2.17 bits per heavy atom. The van der Waals surface area contributed by atoms with Crippen LogP contribution in [0, 0.1) is 6.92 Å². The Morgan fingerprint density at radius 1 is 1.39 bits per heavy atom. The average Bonchev–Trinajstić information content (AvgIpc) is 2.25. The quantitative estimate of drug-likeness (QED) is 0.620. The maximum absolute atomic E-state index is 10.9. The normalized spacial score (nSPS) is 15.2. The van der Waals surface area contributed by atoms with Gasteiger partial charge >= 0.3 is 0 Å². The summed E-state index contributed by atoms with van der Waals surface area (Å²) in [6.45, 7) is 2.13. The molecule has 0 aromatic heterocycles. The van der Waals surface area contributed by atoms with E-state index < -0.39 is 0 Å². The first-order chi connectivity index (χ1) is 8.69. The van der Waals surface area contributed by atoms with Gasteiger partial charge in [-0.1, -0.05) is 30.2 Å². The van der Waals surface area contributed by atoms with Gasteiger partial charge in [0.25, 0.3) is 0 Å². The zero-order chi connectivity index (χ0) is 13.0. The van der Waals surface area contributed by atoms with E-state index >= 15 is 0 Å². The molecule has 1 aromatic carbocycles. The van der Waals surface area contributed by atoms with E-state index in [-0.39, 0.29) is 5.91 Å². The molecule has 0 atom stereocenters. The molecule has 98 valence electrons. The Morgan fingerprint density at radius 3 is 2.78 bits per heavy atom. The van der Waals surface area contributed by atoms with Crippen LogP contribution >= 0.6 is 0 Å². The van der Waals surface area contributed by atoms with Crippen LogP contribution in [0.5, 0.6) is 0 Å². The predicted octanol–water partition coefficient (Wildman–Crippen LogP) is 3.09. The largest absolute Gasteiger partial charge is 0.289 e. The molecule has 1 aromatic rings. The molecule has 1 saturated carbocycles.